The third kappa shape index (κ3) is 20.1. The molecule has 9 aromatic carbocycles. The molecular weight excluding hydrogens is 1210 g/mol. The summed E-state index contributed by atoms with van der Waals surface area (Å²) in [5, 5.41) is 3.98. The van der Waals surface area contributed by atoms with Gasteiger partial charge in [0.2, 0.25) is 0 Å². The van der Waals surface area contributed by atoms with Crippen molar-refractivity contribution < 1.29 is 66.4 Å². The van der Waals surface area contributed by atoms with Crippen LogP contribution >= 0.6 is 0 Å². The summed E-state index contributed by atoms with van der Waals surface area (Å²) in [6.45, 7) is 0.455. The molecule has 11 rings (SSSR count). The maximum absolute atomic E-state index is 14.3. The highest BCUT2D eigenvalue weighted by Crippen LogP contribution is 2.40. The van der Waals surface area contributed by atoms with E-state index in [0.717, 1.165) is 50.1 Å². The van der Waals surface area contributed by atoms with Gasteiger partial charge < -0.3 is 61.6 Å². The third-order valence-corrected chi connectivity index (χ3v) is 16.7. The Hall–Kier alpha value is -8.88. The lowest BCUT2D eigenvalue weighted by Crippen LogP contribution is -2.70. The van der Waals surface area contributed by atoms with Crippen LogP contribution in [0, 0.1) is 0 Å². The first-order valence-corrected chi connectivity index (χ1v) is 32.4. The lowest BCUT2D eigenvalue weighted by molar-refractivity contribution is -0.365. The number of carbonyl (C=O) groups is 1. The molecule has 1 saturated carbocycles. The number of methoxy groups -OCH3 is 1. The number of hydrogen-bond donors (Lipinski definition) is 0. The van der Waals surface area contributed by atoms with Crippen LogP contribution in [0.2, 0.25) is 0 Å². The van der Waals surface area contributed by atoms with Gasteiger partial charge in [-0.3, -0.25) is 4.79 Å². The number of azide groups is 1. The SMILES string of the molecule is COc1ccc(CO[C@H]2[C@H](OC[C@H](N=[N+]=[N-])C(=O)OCc3ccccc3)[C@@H](OCc3ccccc3)[C@H](OCc3ccccc3)[C@@H](OCc3ccccc3)[C@H]2O[C@H]2O[C@H](COCc3ccccc3)[C@@H](OCc3ccccc3)[C@H](OCc3ccccc3)[C@@H]2OCc2ccccc2)cc1. The Morgan fingerprint density at radius 3 is 1.04 bits per heavy atom. The molecule has 0 unspecified atom stereocenters. The van der Waals surface area contributed by atoms with E-state index in [1.807, 2.05) is 267 Å². The minimum atomic E-state index is -1.48. The van der Waals surface area contributed by atoms with Crippen LogP contribution in [0.3, 0.4) is 0 Å². The summed E-state index contributed by atoms with van der Waals surface area (Å²) in [6.07, 6.45) is -11.8. The van der Waals surface area contributed by atoms with E-state index >= 15 is 0 Å². The van der Waals surface area contributed by atoms with E-state index < -0.39 is 85.9 Å². The molecule has 17 heteroatoms. The van der Waals surface area contributed by atoms with Crippen LogP contribution in [0.5, 0.6) is 5.75 Å². The highest BCUT2D eigenvalue weighted by molar-refractivity contribution is 5.76. The summed E-state index contributed by atoms with van der Waals surface area (Å²) in [7, 11) is 1.61. The summed E-state index contributed by atoms with van der Waals surface area (Å²) >= 11 is 0. The predicted molar refractivity (Wildman–Crippen MR) is 360 cm³/mol. The van der Waals surface area contributed by atoms with E-state index in [2.05, 4.69) is 10.0 Å². The summed E-state index contributed by atoms with van der Waals surface area (Å²) in [5.74, 6) is -0.156. The number of hydrogen-bond acceptors (Lipinski definition) is 15. The molecule has 9 aromatic rings. The standard InChI is InChI=1S/C79H81N3O14/c1-84-66-44-42-65(43-45-66)53-91-75-73(93-55-67(81-82-80)78(83)94-54-64-40-24-9-25-41-64)71(88-49-60-32-16-5-17-33-60)72(89-50-61-34-18-6-19-35-61)74(90-51-62-36-20-7-21-37-62)76(75)96-79-77(92-52-63-38-22-8-23-39-63)70(87-48-59-30-14-4-15-31-59)69(86-47-58-28-12-3-13-29-58)68(95-79)56-85-46-57-26-10-2-11-27-57/h2-45,67-77,79H,46-56H2,1H3/t67-,68+,69+,70-,71-,72-,73+,74+,75-,76+,77-,79+/m0/s1. The fourth-order valence-corrected chi connectivity index (χ4v) is 11.7. The van der Waals surface area contributed by atoms with Gasteiger partial charge in [-0.1, -0.05) is 260 Å². The van der Waals surface area contributed by atoms with Gasteiger partial charge >= 0.3 is 5.97 Å². The minimum Gasteiger partial charge on any atom is -0.497 e. The topological polar surface area (TPSA) is 186 Å². The number of ether oxygens (including phenoxy) is 13. The summed E-state index contributed by atoms with van der Waals surface area (Å²) in [4.78, 5) is 17.4. The van der Waals surface area contributed by atoms with Gasteiger partial charge in [-0.2, -0.15) is 0 Å². The molecule has 0 radical (unpaired) electrons. The Bertz CT molecular complexity index is 3700. The molecule has 496 valence electrons. The van der Waals surface area contributed by atoms with E-state index in [1.165, 1.54) is 0 Å². The molecule has 96 heavy (non-hydrogen) atoms. The van der Waals surface area contributed by atoms with Gasteiger partial charge in [0.25, 0.3) is 0 Å². The maximum Gasteiger partial charge on any atom is 0.317 e. The highest BCUT2D eigenvalue weighted by atomic mass is 16.7. The lowest BCUT2D eigenvalue weighted by atomic mass is 9.83. The van der Waals surface area contributed by atoms with Crippen LogP contribution in [0.4, 0.5) is 0 Å². The van der Waals surface area contributed by atoms with Crippen LogP contribution in [0.25, 0.3) is 10.4 Å². The molecule has 17 nitrogen and oxygen atoms in total. The average Bonchev–Trinajstić information content (AvgIpc) is 0.774. The summed E-state index contributed by atoms with van der Waals surface area (Å²) in [5.41, 5.74) is 17.9. The molecule has 0 amide bonds. The van der Waals surface area contributed by atoms with E-state index in [-0.39, 0.29) is 66.1 Å². The van der Waals surface area contributed by atoms with Crippen molar-refractivity contribution in [2.45, 2.75) is 133 Å². The molecule has 0 spiro atoms. The van der Waals surface area contributed by atoms with Crippen molar-refractivity contribution in [2.75, 3.05) is 20.3 Å². The molecule has 2 aliphatic rings. The monoisotopic (exact) mass is 1300 g/mol. The molecule has 1 aliphatic heterocycles. The van der Waals surface area contributed by atoms with Gasteiger partial charge in [0.05, 0.1) is 73.2 Å². The van der Waals surface area contributed by atoms with Crippen LogP contribution < -0.4 is 4.74 Å². The second kappa shape index (κ2) is 36.9. The molecular formula is C79H81N3O14. The summed E-state index contributed by atoms with van der Waals surface area (Å²) < 4.78 is 91.6. The number of esters is 1. The molecule has 1 heterocycles. The van der Waals surface area contributed by atoms with Crippen molar-refractivity contribution in [3.63, 3.8) is 0 Å². The predicted octanol–water partition coefficient (Wildman–Crippen LogP) is 14.2. The number of benzene rings is 9. The second-order valence-electron chi connectivity index (χ2n) is 23.4. The maximum atomic E-state index is 14.3. The first kappa shape index (κ1) is 68.5. The van der Waals surface area contributed by atoms with Gasteiger partial charge in [-0.25, -0.2) is 0 Å². The molecule has 12 atom stereocenters. The van der Waals surface area contributed by atoms with Crippen molar-refractivity contribution in [1.29, 1.82) is 0 Å². The molecule has 0 bridgehead atoms. The molecule has 0 N–H and O–H groups in total. The van der Waals surface area contributed by atoms with Crippen molar-refractivity contribution in [3.8, 4) is 5.75 Å². The zero-order valence-electron chi connectivity index (χ0n) is 53.7. The number of carbonyl (C=O) groups excluding carboxylic acids is 1. The first-order chi connectivity index (χ1) is 47.4. The van der Waals surface area contributed by atoms with Crippen LogP contribution in [-0.2, 0) is 121 Å². The molecule has 0 aromatic heterocycles. The largest absolute Gasteiger partial charge is 0.497 e. The fraction of sp³-hybridized carbons (Fsp3) is 0.304. The minimum absolute atomic E-state index is 0.00670. The average molecular weight is 1300 g/mol. The van der Waals surface area contributed by atoms with Crippen molar-refractivity contribution >= 4 is 5.97 Å². The van der Waals surface area contributed by atoms with Gasteiger partial charge in [0.1, 0.15) is 73.4 Å². The lowest BCUT2D eigenvalue weighted by Gasteiger charge is -2.52. The van der Waals surface area contributed by atoms with E-state index in [9.17, 15) is 10.3 Å². The molecule has 1 aliphatic carbocycles. The van der Waals surface area contributed by atoms with Gasteiger partial charge in [0.15, 0.2) is 12.3 Å². The Morgan fingerprint density at radius 2 is 0.677 bits per heavy atom. The fourth-order valence-electron chi connectivity index (χ4n) is 11.7. The zero-order chi connectivity index (χ0) is 65.8. The Labute approximate surface area is 561 Å². The van der Waals surface area contributed by atoms with E-state index in [0.29, 0.717) is 5.75 Å². The second-order valence-corrected chi connectivity index (χ2v) is 23.4. The zero-order valence-corrected chi connectivity index (χ0v) is 53.7. The van der Waals surface area contributed by atoms with Crippen molar-refractivity contribution in [3.05, 3.63) is 327 Å². The smallest absolute Gasteiger partial charge is 0.317 e. The quantitative estimate of drug-likeness (QED) is 0.0158. The number of rotatable bonds is 35. The third-order valence-electron chi connectivity index (χ3n) is 16.7. The van der Waals surface area contributed by atoms with E-state index in [1.54, 1.807) is 7.11 Å². The van der Waals surface area contributed by atoms with Crippen LogP contribution in [0.1, 0.15) is 50.1 Å². The van der Waals surface area contributed by atoms with E-state index in [4.69, 9.17) is 61.6 Å². The Kier molecular flexibility index (Phi) is 26.3. The van der Waals surface area contributed by atoms with Gasteiger partial charge in [-0.05, 0) is 67.7 Å². The highest BCUT2D eigenvalue weighted by Gasteiger charge is 2.58. The van der Waals surface area contributed by atoms with Crippen molar-refractivity contribution in [1.82, 2.24) is 0 Å². The van der Waals surface area contributed by atoms with Crippen molar-refractivity contribution in [2.24, 2.45) is 5.11 Å². The summed E-state index contributed by atoms with van der Waals surface area (Å²) in [6, 6.07) is 84.3. The van der Waals surface area contributed by atoms with Crippen LogP contribution in [0.15, 0.2) is 272 Å². The first-order valence-electron chi connectivity index (χ1n) is 32.4. The van der Waals surface area contributed by atoms with Crippen LogP contribution in [-0.4, -0.2) is 99.7 Å². The van der Waals surface area contributed by atoms with Gasteiger partial charge in [0, 0.05) is 4.91 Å². The Balaban J connectivity index is 1.07. The molecule has 1 saturated heterocycles. The number of nitrogens with zero attached hydrogens (tertiary/aromatic N) is 3. The molecule has 2 fully saturated rings. The Morgan fingerprint density at radius 1 is 0.375 bits per heavy atom. The van der Waals surface area contributed by atoms with Gasteiger partial charge in [-0.15, -0.1) is 0 Å². The normalized spacial score (nSPS) is 21.9.